The van der Waals surface area contributed by atoms with E-state index in [1.165, 1.54) is 0 Å². The number of aromatic amines is 1. The van der Waals surface area contributed by atoms with E-state index in [2.05, 4.69) is 15.0 Å². The van der Waals surface area contributed by atoms with Crippen LogP contribution in [0, 0.1) is 0 Å². The molecule has 0 atom stereocenters. The van der Waals surface area contributed by atoms with E-state index in [4.69, 9.17) is 4.74 Å². The molecule has 3 rings (SSSR count). The largest absolute Gasteiger partial charge is 0.497 e. The molecule has 126 valence electrons. The molecule has 2 aromatic carbocycles. The smallest absolute Gasteiger partial charge is 0.349 e. The SMILES string of the molecule is COc1ccc(C(=O)CSc2nc(-c3ccccc3)[nH]c(=O)n2)cc1. The highest BCUT2D eigenvalue weighted by Gasteiger charge is 2.10. The maximum absolute atomic E-state index is 12.3. The lowest BCUT2D eigenvalue weighted by Gasteiger charge is -2.04. The molecule has 6 nitrogen and oxygen atoms in total. The van der Waals surface area contributed by atoms with Gasteiger partial charge in [-0.05, 0) is 24.3 Å². The summed E-state index contributed by atoms with van der Waals surface area (Å²) in [6.07, 6.45) is 0. The van der Waals surface area contributed by atoms with Crippen LogP contribution in [0.5, 0.6) is 5.75 Å². The minimum Gasteiger partial charge on any atom is -0.497 e. The second-order valence-corrected chi connectivity index (χ2v) is 6.03. The number of ether oxygens (including phenoxy) is 1. The first kappa shape index (κ1) is 16.9. The van der Waals surface area contributed by atoms with E-state index in [0.717, 1.165) is 17.3 Å². The summed E-state index contributed by atoms with van der Waals surface area (Å²) >= 11 is 1.13. The second-order valence-electron chi connectivity index (χ2n) is 5.09. The number of H-pyrrole nitrogens is 1. The molecule has 1 aromatic heterocycles. The Morgan fingerprint density at radius 2 is 1.80 bits per heavy atom. The van der Waals surface area contributed by atoms with Gasteiger partial charge in [0, 0.05) is 11.1 Å². The molecule has 0 aliphatic carbocycles. The minimum absolute atomic E-state index is 0.0715. The van der Waals surface area contributed by atoms with E-state index in [1.807, 2.05) is 30.3 Å². The molecule has 0 saturated heterocycles. The van der Waals surface area contributed by atoms with Crippen molar-refractivity contribution in [1.82, 2.24) is 15.0 Å². The summed E-state index contributed by atoms with van der Waals surface area (Å²) < 4.78 is 5.07. The first-order chi connectivity index (χ1) is 12.2. The quantitative estimate of drug-likeness (QED) is 0.542. The van der Waals surface area contributed by atoms with Gasteiger partial charge in [-0.25, -0.2) is 9.78 Å². The van der Waals surface area contributed by atoms with E-state index < -0.39 is 5.69 Å². The molecule has 0 aliphatic heterocycles. The molecule has 3 aromatic rings. The van der Waals surface area contributed by atoms with E-state index in [9.17, 15) is 9.59 Å². The molecule has 1 N–H and O–H groups in total. The molecule has 0 spiro atoms. The number of thioether (sulfide) groups is 1. The third kappa shape index (κ3) is 4.33. The maximum Gasteiger partial charge on any atom is 0.349 e. The van der Waals surface area contributed by atoms with Gasteiger partial charge >= 0.3 is 5.69 Å². The third-order valence-corrected chi connectivity index (χ3v) is 4.27. The lowest BCUT2D eigenvalue weighted by Crippen LogP contribution is -2.15. The van der Waals surface area contributed by atoms with Gasteiger partial charge in [-0.2, -0.15) is 4.98 Å². The van der Waals surface area contributed by atoms with Crippen LogP contribution in [0.3, 0.4) is 0 Å². The fourth-order valence-corrected chi connectivity index (χ4v) is 2.88. The number of Topliss-reactive ketones (excluding diaryl/α,β-unsaturated/α-hetero) is 1. The van der Waals surface area contributed by atoms with Crippen molar-refractivity contribution in [2.75, 3.05) is 12.9 Å². The first-order valence-corrected chi connectivity index (χ1v) is 8.48. The average Bonchev–Trinajstić information content (AvgIpc) is 2.66. The van der Waals surface area contributed by atoms with Gasteiger partial charge in [-0.1, -0.05) is 42.1 Å². The van der Waals surface area contributed by atoms with Crippen molar-refractivity contribution >= 4 is 17.5 Å². The molecule has 1 heterocycles. The summed E-state index contributed by atoms with van der Waals surface area (Å²) in [5.41, 5.74) is 0.861. The number of carbonyl (C=O) groups excluding carboxylic acids is 1. The van der Waals surface area contributed by atoms with E-state index in [-0.39, 0.29) is 16.7 Å². The highest BCUT2D eigenvalue weighted by molar-refractivity contribution is 7.99. The molecule has 0 unspecified atom stereocenters. The number of benzene rings is 2. The zero-order chi connectivity index (χ0) is 17.6. The summed E-state index contributed by atoms with van der Waals surface area (Å²) in [7, 11) is 1.57. The molecule has 0 aliphatic rings. The summed E-state index contributed by atoms with van der Waals surface area (Å²) in [5, 5.41) is 0.268. The molecule has 25 heavy (non-hydrogen) atoms. The van der Waals surface area contributed by atoms with Gasteiger partial charge in [-0.15, -0.1) is 0 Å². The Labute approximate surface area is 148 Å². The van der Waals surface area contributed by atoms with Crippen molar-refractivity contribution in [3.63, 3.8) is 0 Å². The summed E-state index contributed by atoms with van der Waals surface area (Å²) in [4.78, 5) is 34.8. The van der Waals surface area contributed by atoms with Crippen molar-refractivity contribution in [2.45, 2.75) is 5.16 Å². The van der Waals surface area contributed by atoms with Crippen LogP contribution in [0.4, 0.5) is 0 Å². The summed E-state index contributed by atoms with van der Waals surface area (Å²) in [5.74, 6) is 1.19. The van der Waals surface area contributed by atoms with Crippen LogP contribution in [-0.2, 0) is 0 Å². The molecule has 0 fully saturated rings. The number of nitrogens with one attached hydrogen (secondary N) is 1. The summed E-state index contributed by atoms with van der Waals surface area (Å²) in [6, 6.07) is 16.2. The van der Waals surface area contributed by atoms with Gasteiger partial charge in [0.15, 0.2) is 10.9 Å². The fraction of sp³-hybridized carbons (Fsp3) is 0.111. The normalized spacial score (nSPS) is 10.4. The van der Waals surface area contributed by atoms with Crippen molar-refractivity contribution in [2.24, 2.45) is 0 Å². The van der Waals surface area contributed by atoms with Crippen LogP contribution in [0.15, 0.2) is 64.5 Å². The Morgan fingerprint density at radius 3 is 2.48 bits per heavy atom. The molecule has 0 bridgehead atoms. The Bertz CT molecular complexity index is 924. The molecule has 0 saturated carbocycles. The van der Waals surface area contributed by atoms with Crippen molar-refractivity contribution in [1.29, 1.82) is 0 Å². The van der Waals surface area contributed by atoms with Crippen LogP contribution < -0.4 is 10.4 Å². The zero-order valence-electron chi connectivity index (χ0n) is 13.4. The minimum atomic E-state index is -0.492. The number of hydrogen-bond acceptors (Lipinski definition) is 6. The highest BCUT2D eigenvalue weighted by atomic mass is 32.2. The number of carbonyl (C=O) groups is 1. The van der Waals surface area contributed by atoms with Gasteiger partial charge in [0.1, 0.15) is 11.6 Å². The lowest BCUT2D eigenvalue weighted by atomic mass is 10.1. The van der Waals surface area contributed by atoms with Gasteiger partial charge < -0.3 is 4.74 Å². The standard InChI is InChI=1S/C18H15N3O3S/c1-24-14-9-7-12(8-10-14)15(22)11-25-18-20-16(19-17(23)21-18)13-5-3-2-4-6-13/h2-10H,11H2,1H3,(H,19,20,21,23). The number of nitrogens with zero attached hydrogens (tertiary/aromatic N) is 2. The Hall–Kier alpha value is -2.93. The number of hydrogen-bond donors (Lipinski definition) is 1. The maximum atomic E-state index is 12.3. The van der Waals surface area contributed by atoms with Crippen LogP contribution in [0.25, 0.3) is 11.4 Å². The number of rotatable bonds is 6. The average molecular weight is 353 g/mol. The van der Waals surface area contributed by atoms with Gasteiger partial charge in [0.25, 0.3) is 0 Å². The monoisotopic (exact) mass is 353 g/mol. The van der Waals surface area contributed by atoms with Crippen molar-refractivity contribution in [3.05, 3.63) is 70.6 Å². The third-order valence-electron chi connectivity index (χ3n) is 3.42. The molecular formula is C18H15N3O3S. The molecule has 0 radical (unpaired) electrons. The van der Waals surface area contributed by atoms with Crippen LogP contribution >= 0.6 is 11.8 Å². The zero-order valence-corrected chi connectivity index (χ0v) is 14.2. The van der Waals surface area contributed by atoms with Gasteiger partial charge in [-0.3, -0.25) is 9.78 Å². The van der Waals surface area contributed by atoms with E-state index in [0.29, 0.717) is 17.1 Å². The molecule has 0 amide bonds. The Kier molecular flexibility index (Phi) is 5.25. The summed E-state index contributed by atoms with van der Waals surface area (Å²) in [6.45, 7) is 0. The number of methoxy groups -OCH3 is 1. The molecular weight excluding hydrogens is 338 g/mol. The Morgan fingerprint density at radius 1 is 1.08 bits per heavy atom. The fourth-order valence-electron chi connectivity index (χ4n) is 2.15. The molecule has 7 heteroatoms. The van der Waals surface area contributed by atoms with E-state index in [1.54, 1.807) is 31.4 Å². The predicted octanol–water partition coefficient (Wildman–Crippen LogP) is 2.82. The van der Waals surface area contributed by atoms with Gasteiger partial charge in [0.2, 0.25) is 0 Å². The van der Waals surface area contributed by atoms with Crippen molar-refractivity contribution in [3.8, 4) is 17.1 Å². The highest BCUT2D eigenvalue weighted by Crippen LogP contribution is 2.19. The topological polar surface area (TPSA) is 84.9 Å². The Balaban J connectivity index is 1.73. The van der Waals surface area contributed by atoms with Crippen LogP contribution in [0.2, 0.25) is 0 Å². The van der Waals surface area contributed by atoms with Crippen LogP contribution in [-0.4, -0.2) is 33.6 Å². The lowest BCUT2D eigenvalue weighted by molar-refractivity contribution is 0.102. The number of aromatic nitrogens is 3. The van der Waals surface area contributed by atoms with Crippen LogP contribution in [0.1, 0.15) is 10.4 Å². The number of ketones is 1. The predicted molar refractivity (Wildman–Crippen MR) is 96.1 cm³/mol. The van der Waals surface area contributed by atoms with Gasteiger partial charge in [0.05, 0.1) is 12.9 Å². The van der Waals surface area contributed by atoms with Crippen molar-refractivity contribution < 1.29 is 9.53 Å². The van der Waals surface area contributed by atoms with E-state index >= 15 is 0 Å². The first-order valence-electron chi connectivity index (χ1n) is 7.49. The second kappa shape index (κ2) is 7.76.